The molecule has 66 heavy (non-hydrogen) atoms. The second-order valence-corrected chi connectivity index (χ2v) is 18.3. The summed E-state index contributed by atoms with van der Waals surface area (Å²) in [5.74, 6) is 1.82. The number of fused-ring (bicyclic) bond motifs is 16. The summed E-state index contributed by atoms with van der Waals surface area (Å²) in [6, 6.07) is 76.8. The Labute approximate surface area is 383 Å². The Hall–Kier alpha value is -8.41. The molecule has 0 radical (unpaired) electrons. The summed E-state index contributed by atoms with van der Waals surface area (Å²) in [4.78, 5) is 18.9. The maximum absolute atomic E-state index is 5.65. The number of aromatic nitrogens is 4. The molecular weight excluding hydrogens is 803 g/mol. The van der Waals surface area contributed by atoms with Crippen LogP contribution in [-0.2, 0) is 10.8 Å². The molecule has 9 aromatic carbocycles. The summed E-state index contributed by atoms with van der Waals surface area (Å²) in [5, 5.41) is 2.43. The molecule has 5 nitrogen and oxygen atoms in total. The zero-order valence-corrected chi connectivity index (χ0v) is 36.4. The largest absolute Gasteiger partial charge is 0.309 e. The van der Waals surface area contributed by atoms with Crippen LogP contribution in [0.1, 0.15) is 47.2 Å². The summed E-state index contributed by atoms with van der Waals surface area (Å²) in [5.41, 5.74) is 19.1. The Morgan fingerprint density at radius 2 is 0.955 bits per heavy atom. The summed E-state index contributed by atoms with van der Waals surface area (Å²) >= 11 is 0. The van der Waals surface area contributed by atoms with Gasteiger partial charge in [-0.25, -0.2) is 4.98 Å². The molecule has 0 atom stereocenters. The van der Waals surface area contributed by atoms with Crippen molar-refractivity contribution in [2.24, 2.45) is 0 Å². The van der Waals surface area contributed by atoms with Crippen molar-refractivity contribution in [2.75, 3.05) is 4.90 Å². The lowest BCUT2D eigenvalue weighted by atomic mass is 9.70. The molecule has 0 saturated carbocycles. The van der Waals surface area contributed by atoms with Crippen molar-refractivity contribution in [3.05, 3.63) is 246 Å². The predicted molar refractivity (Wildman–Crippen MR) is 268 cm³/mol. The van der Waals surface area contributed by atoms with Gasteiger partial charge in [-0.05, 0) is 80.4 Å². The molecule has 2 aromatic heterocycles. The fraction of sp³-hybridized carbons (Fsp3) is 0.0656. The van der Waals surface area contributed by atoms with Gasteiger partial charge in [-0.15, -0.1) is 0 Å². The van der Waals surface area contributed by atoms with E-state index >= 15 is 0 Å². The van der Waals surface area contributed by atoms with Gasteiger partial charge in [-0.3, -0.25) is 4.90 Å². The smallest absolute Gasteiger partial charge is 0.238 e. The number of anilines is 3. The van der Waals surface area contributed by atoms with E-state index in [1.165, 1.54) is 71.9 Å². The van der Waals surface area contributed by atoms with Crippen LogP contribution < -0.4 is 4.90 Å². The van der Waals surface area contributed by atoms with Crippen molar-refractivity contribution in [2.45, 2.75) is 24.7 Å². The minimum Gasteiger partial charge on any atom is -0.309 e. The molecule has 14 rings (SSSR count). The first-order chi connectivity index (χ1) is 32.5. The molecule has 5 heteroatoms. The third kappa shape index (κ3) is 4.81. The van der Waals surface area contributed by atoms with Crippen molar-refractivity contribution >= 4 is 39.1 Å². The lowest BCUT2D eigenvalue weighted by molar-refractivity contribution is 0.634. The number of hydrogen-bond acceptors (Lipinski definition) is 4. The first-order valence-corrected chi connectivity index (χ1v) is 22.8. The fourth-order valence-corrected chi connectivity index (χ4v) is 12.0. The number of benzene rings is 9. The van der Waals surface area contributed by atoms with E-state index in [1.54, 1.807) is 0 Å². The van der Waals surface area contributed by atoms with Crippen molar-refractivity contribution < 1.29 is 0 Å². The summed E-state index contributed by atoms with van der Waals surface area (Å²) in [6.45, 7) is 4.73. The molecule has 3 aliphatic rings. The SMILES string of the molecule is CC1(C)c2ccccc2N(c2nc(-c3ccccc3)nc(-c3cccc4c3-c3ccccc3C43c4ccccc4-c4ccccc43)n2)c2ccc3c4ccccc4n(-c4ccccc4)c3c21. The van der Waals surface area contributed by atoms with Crippen LogP contribution in [0.3, 0.4) is 0 Å². The minimum atomic E-state index is -0.494. The zero-order chi connectivity index (χ0) is 43.7. The number of nitrogens with zero attached hydrogens (tertiary/aromatic N) is 5. The number of rotatable bonds is 4. The van der Waals surface area contributed by atoms with Gasteiger partial charge in [0.1, 0.15) is 0 Å². The van der Waals surface area contributed by atoms with E-state index < -0.39 is 10.8 Å². The number of hydrogen-bond donors (Lipinski definition) is 0. The highest BCUT2D eigenvalue weighted by molar-refractivity contribution is 6.13. The monoisotopic (exact) mass is 843 g/mol. The average Bonchev–Trinajstić information content (AvgIpc) is 3.99. The standard InChI is InChI=1S/C61H41N5/c1-60(2)49-32-16-18-35-52(49)66(53-37-36-43-42-26-12-17-34-51(42)65(56(43)55(53)60)39-22-7-4-8-23-39)59-63-57(38-20-5-3-6-21-38)62-58(64-59)45-28-19-33-50-54(45)44-27-11-15-31-48(44)61(50)46-29-13-9-24-40(46)41-25-10-14-30-47(41)61/h3-37H,1-2H3. The second-order valence-electron chi connectivity index (χ2n) is 18.3. The van der Waals surface area contributed by atoms with E-state index in [-0.39, 0.29) is 0 Å². The van der Waals surface area contributed by atoms with E-state index in [9.17, 15) is 0 Å². The predicted octanol–water partition coefficient (Wildman–Crippen LogP) is 14.8. The molecule has 0 bridgehead atoms. The lowest BCUT2D eigenvalue weighted by Gasteiger charge is -2.41. The van der Waals surface area contributed by atoms with Crippen LogP contribution in [0.2, 0.25) is 0 Å². The average molecular weight is 844 g/mol. The highest BCUT2D eigenvalue weighted by Crippen LogP contribution is 2.64. The zero-order valence-electron chi connectivity index (χ0n) is 36.4. The normalized spacial score (nSPS) is 14.4. The molecule has 0 fully saturated rings. The minimum absolute atomic E-state index is 0.396. The first kappa shape index (κ1) is 37.0. The van der Waals surface area contributed by atoms with Gasteiger partial charge in [-0.1, -0.05) is 196 Å². The maximum atomic E-state index is 5.65. The van der Waals surface area contributed by atoms with Gasteiger partial charge in [0, 0.05) is 38.6 Å². The van der Waals surface area contributed by atoms with Crippen molar-refractivity contribution in [1.29, 1.82) is 0 Å². The van der Waals surface area contributed by atoms with Crippen LogP contribution in [0.5, 0.6) is 0 Å². The van der Waals surface area contributed by atoms with Gasteiger partial charge in [0.15, 0.2) is 11.6 Å². The third-order valence-electron chi connectivity index (χ3n) is 14.6. The van der Waals surface area contributed by atoms with Crippen LogP contribution in [0.25, 0.3) is 72.5 Å². The Balaban J connectivity index is 1.07. The lowest BCUT2D eigenvalue weighted by Crippen LogP contribution is -2.32. The van der Waals surface area contributed by atoms with Gasteiger partial charge in [0.2, 0.25) is 5.95 Å². The maximum Gasteiger partial charge on any atom is 0.238 e. The molecule has 0 N–H and O–H groups in total. The molecule has 0 amide bonds. The molecule has 0 saturated heterocycles. The van der Waals surface area contributed by atoms with Crippen LogP contribution in [0.15, 0.2) is 212 Å². The third-order valence-corrected chi connectivity index (χ3v) is 14.6. The van der Waals surface area contributed by atoms with E-state index in [4.69, 9.17) is 15.0 Å². The molecule has 1 aliphatic heterocycles. The van der Waals surface area contributed by atoms with Gasteiger partial charge in [0.05, 0.1) is 27.8 Å². The van der Waals surface area contributed by atoms with Crippen LogP contribution in [0, 0.1) is 0 Å². The quantitative estimate of drug-likeness (QED) is 0.177. The molecular formula is C61H41N5. The van der Waals surface area contributed by atoms with Gasteiger partial charge in [-0.2, -0.15) is 9.97 Å². The van der Waals surface area contributed by atoms with Crippen molar-refractivity contribution in [3.63, 3.8) is 0 Å². The van der Waals surface area contributed by atoms with Gasteiger partial charge < -0.3 is 4.57 Å². The van der Waals surface area contributed by atoms with Gasteiger partial charge >= 0.3 is 0 Å². The van der Waals surface area contributed by atoms with Crippen LogP contribution in [-0.4, -0.2) is 19.5 Å². The van der Waals surface area contributed by atoms with E-state index in [2.05, 4.69) is 230 Å². The topological polar surface area (TPSA) is 46.8 Å². The molecule has 0 unspecified atom stereocenters. The fourth-order valence-electron chi connectivity index (χ4n) is 12.0. The molecule has 11 aromatic rings. The Morgan fingerprint density at radius 3 is 1.70 bits per heavy atom. The van der Waals surface area contributed by atoms with E-state index in [0.29, 0.717) is 17.6 Å². The van der Waals surface area contributed by atoms with E-state index in [1.807, 2.05) is 6.07 Å². The Kier molecular flexibility index (Phi) is 7.60. The molecule has 310 valence electrons. The molecule has 3 heterocycles. The molecule has 1 spiro atoms. The Morgan fingerprint density at radius 1 is 0.394 bits per heavy atom. The summed E-state index contributed by atoms with van der Waals surface area (Å²) in [7, 11) is 0. The van der Waals surface area contributed by atoms with Crippen LogP contribution >= 0.6 is 0 Å². The van der Waals surface area contributed by atoms with Crippen LogP contribution in [0.4, 0.5) is 17.3 Å². The van der Waals surface area contributed by atoms with Gasteiger partial charge in [0.25, 0.3) is 0 Å². The highest BCUT2D eigenvalue weighted by Gasteiger charge is 2.52. The highest BCUT2D eigenvalue weighted by atomic mass is 15.3. The summed E-state index contributed by atoms with van der Waals surface area (Å²) in [6.07, 6.45) is 0. The van der Waals surface area contributed by atoms with Crippen molar-refractivity contribution in [3.8, 4) is 50.7 Å². The Bertz CT molecular complexity index is 3760. The summed E-state index contributed by atoms with van der Waals surface area (Å²) < 4.78 is 2.45. The second kappa shape index (κ2) is 13.6. The van der Waals surface area contributed by atoms with E-state index in [0.717, 1.165) is 33.8 Å². The first-order valence-electron chi connectivity index (χ1n) is 22.8. The van der Waals surface area contributed by atoms with Crippen molar-refractivity contribution in [1.82, 2.24) is 19.5 Å². The molecule has 2 aliphatic carbocycles. The number of para-hydroxylation sites is 3.